The molecule has 0 radical (unpaired) electrons. The molecule has 2 aromatic rings. The Morgan fingerprint density at radius 1 is 1.12 bits per heavy atom. The summed E-state index contributed by atoms with van der Waals surface area (Å²) in [7, 11) is 0. The van der Waals surface area contributed by atoms with Crippen molar-refractivity contribution < 1.29 is 19.1 Å². The van der Waals surface area contributed by atoms with E-state index in [2.05, 4.69) is 5.32 Å². The molecule has 1 heterocycles. The van der Waals surface area contributed by atoms with Gasteiger partial charge >= 0.3 is 0 Å². The van der Waals surface area contributed by atoms with E-state index in [-0.39, 0.29) is 24.4 Å². The van der Waals surface area contributed by atoms with Crippen LogP contribution < -0.4 is 5.32 Å². The Labute approximate surface area is 153 Å². The van der Waals surface area contributed by atoms with Crippen LogP contribution in [0.4, 0.5) is 0 Å². The second-order valence-corrected chi connectivity index (χ2v) is 6.44. The Morgan fingerprint density at radius 2 is 1.73 bits per heavy atom. The van der Waals surface area contributed by atoms with Crippen molar-refractivity contribution in [2.75, 3.05) is 6.61 Å². The summed E-state index contributed by atoms with van der Waals surface area (Å²) < 4.78 is 11.2. The molecule has 1 aliphatic rings. The molecule has 0 aliphatic carbocycles. The lowest BCUT2D eigenvalue weighted by atomic mass is 10.1. The summed E-state index contributed by atoms with van der Waals surface area (Å²) in [5.41, 5.74) is 2.00. The molecule has 1 aliphatic heterocycles. The molecule has 0 aromatic heterocycles. The Morgan fingerprint density at radius 3 is 2.31 bits per heavy atom. The zero-order valence-corrected chi connectivity index (χ0v) is 14.8. The third-order valence-electron chi connectivity index (χ3n) is 4.45. The molecular weight excluding hydrogens is 330 g/mol. The SMILES string of the molecule is C[C@H]1OCC(=O)[C@@H]1NC(=O)[C@H](Cc1ccccc1)OCc1ccccc1. The first-order valence-corrected chi connectivity index (χ1v) is 8.77. The van der Waals surface area contributed by atoms with Crippen molar-refractivity contribution in [3.63, 3.8) is 0 Å². The highest BCUT2D eigenvalue weighted by Gasteiger charge is 2.35. The molecule has 5 heteroatoms. The number of Topliss-reactive ketones (excluding diaryl/α,β-unsaturated/α-hetero) is 1. The number of ketones is 1. The number of nitrogens with one attached hydrogen (secondary N) is 1. The number of rotatable bonds is 7. The minimum absolute atomic E-state index is 0.0420. The molecule has 3 atom stereocenters. The van der Waals surface area contributed by atoms with E-state index in [1.807, 2.05) is 60.7 Å². The minimum Gasteiger partial charge on any atom is -0.368 e. The highest BCUT2D eigenvalue weighted by atomic mass is 16.5. The van der Waals surface area contributed by atoms with Gasteiger partial charge in [0.15, 0.2) is 5.78 Å². The van der Waals surface area contributed by atoms with Gasteiger partial charge < -0.3 is 14.8 Å². The molecule has 1 amide bonds. The van der Waals surface area contributed by atoms with Gasteiger partial charge in [-0.3, -0.25) is 9.59 Å². The third kappa shape index (κ3) is 4.77. The molecule has 0 spiro atoms. The summed E-state index contributed by atoms with van der Waals surface area (Å²) in [5, 5.41) is 2.80. The largest absolute Gasteiger partial charge is 0.368 e. The first-order valence-electron chi connectivity index (χ1n) is 8.77. The minimum atomic E-state index is -0.682. The number of hydrogen-bond acceptors (Lipinski definition) is 4. The van der Waals surface area contributed by atoms with Gasteiger partial charge in [0, 0.05) is 6.42 Å². The van der Waals surface area contributed by atoms with Gasteiger partial charge in [0.2, 0.25) is 5.91 Å². The average molecular weight is 353 g/mol. The molecule has 26 heavy (non-hydrogen) atoms. The molecule has 0 saturated carbocycles. The van der Waals surface area contributed by atoms with Gasteiger partial charge in [0.1, 0.15) is 18.8 Å². The van der Waals surface area contributed by atoms with Crippen LogP contribution in [0.15, 0.2) is 60.7 Å². The summed E-state index contributed by atoms with van der Waals surface area (Å²) >= 11 is 0. The first kappa shape index (κ1) is 18.3. The van der Waals surface area contributed by atoms with Crippen LogP contribution in [0.1, 0.15) is 18.1 Å². The van der Waals surface area contributed by atoms with Crippen LogP contribution in [0.3, 0.4) is 0 Å². The van der Waals surface area contributed by atoms with Gasteiger partial charge in [-0.25, -0.2) is 0 Å². The van der Waals surface area contributed by atoms with Gasteiger partial charge in [0.05, 0.1) is 12.7 Å². The van der Waals surface area contributed by atoms with Crippen LogP contribution in [0.25, 0.3) is 0 Å². The number of hydrogen-bond donors (Lipinski definition) is 1. The molecule has 0 bridgehead atoms. The number of benzene rings is 2. The molecule has 136 valence electrons. The maximum absolute atomic E-state index is 12.8. The first-order chi connectivity index (χ1) is 12.6. The van der Waals surface area contributed by atoms with Crippen molar-refractivity contribution in [1.82, 2.24) is 5.32 Å². The topological polar surface area (TPSA) is 64.6 Å². The van der Waals surface area contributed by atoms with Crippen LogP contribution in [0.5, 0.6) is 0 Å². The lowest BCUT2D eigenvalue weighted by Crippen LogP contribution is -2.49. The van der Waals surface area contributed by atoms with Gasteiger partial charge in [-0.15, -0.1) is 0 Å². The number of carbonyl (C=O) groups excluding carboxylic acids is 2. The molecular formula is C21H23NO4. The zero-order valence-electron chi connectivity index (χ0n) is 14.8. The quantitative estimate of drug-likeness (QED) is 0.829. The number of ether oxygens (including phenoxy) is 2. The maximum Gasteiger partial charge on any atom is 0.250 e. The van der Waals surface area contributed by atoms with E-state index in [0.717, 1.165) is 11.1 Å². The standard InChI is InChI=1S/C21H23NO4/c1-15-20(18(23)14-25-15)22-21(24)19(12-16-8-4-2-5-9-16)26-13-17-10-6-3-7-11-17/h2-11,15,19-20H,12-14H2,1H3,(H,22,24)/t15-,19+,20-/m1/s1. The Hall–Kier alpha value is -2.50. The van der Waals surface area contributed by atoms with Gasteiger partial charge in [0.25, 0.3) is 0 Å². The predicted octanol–water partition coefficient (Wildman–Crippen LogP) is 2.29. The Bertz CT molecular complexity index is 732. The van der Waals surface area contributed by atoms with Gasteiger partial charge in [-0.1, -0.05) is 60.7 Å². The normalized spacial score (nSPS) is 20.7. The van der Waals surface area contributed by atoms with E-state index in [0.29, 0.717) is 13.0 Å². The predicted molar refractivity (Wildman–Crippen MR) is 97.5 cm³/mol. The zero-order chi connectivity index (χ0) is 18.4. The molecule has 0 unspecified atom stereocenters. The lowest BCUT2D eigenvalue weighted by molar-refractivity contribution is -0.136. The highest BCUT2D eigenvalue weighted by Crippen LogP contribution is 2.13. The van der Waals surface area contributed by atoms with E-state index >= 15 is 0 Å². The molecule has 1 N–H and O–H groups in total. The van der Waals surface area contributed by atoms with Gasteiger partial charge in [-0.05, 0) is 18.1 Å². The smallest absolute Gasteiger partial charge is 0.250 e. The van der Waals surface area contributed by atoms with Crippen molar-refractivity contribution in [3.8, 4) is 0 Å². The van der Waals surface area contributed by atoms with Crippen LogP contribution in [-0.2, 0) is 32.1 Å². The van der Waals surface area contributed by atoms with Crippen molar-refractivity contribution in [2.24, 2.45) is 0 Å². The van der Waals surface area contributed by atoms with Crippen molar-refractivity contribution in [1.29, 1.82) is 0 Å². The van der Waals surface area contributed by atoms with E-state index in [4.69, 9.17) is 9.47 Å². The maximum atomic E-state index is 12.8. The molecule has 2 aromatic carbocycles. The summed E-state index contributed by atoms with van der Waals surface area (Å²) in [6.45, 7) is 2.16. The van der Waals surface area contributed by atoms with E-state index in [9.17, 15) is 9.59 Å². The molecule has 1 fully saturated rings. The summed E-state index contributed by atoms with van der Waals surface area (Å²) in [4.78, 5) is 24.7. The number of carbonyl (C=O) groups is 2. The monoisotopic (exact) mass is 353 g/mol. The van der Waals surface area contributed by atoms with Crippen molar-refractivity contribution >= 4 is 11.7 Å². The summed E-state index contributed by atoms with van der Waals surface area (Å²) in [6, 6.07) is 18.8. The summed E-state index contributed by atoms with van der Waals surface area (Å²) in [5.74, 6) is -0.396. The third-order valence-corrected chi connectivity index (χ3v) is 4.45. The van der Waals surface area contributed by atoms with Crippen molar-refractivity contribution in [3.05, 3.63) is 71.8 Å². The lowest BCUT2D eigenvalue weighted by Gasteiger charge is -2.21. The van der Waals surface area contributed by atoms with Crippen LogP contribution in [-0.4, -0.2) is 36.5 Å². The average Bonchev–Trinajstić information content (AvgIpc) is 2.98. The van der Waals surface area contributed by atoms with E-state index < -0.39 is 12.1 Å². The Kier molecular flexibility index (Phi) is 6.15. The molecule has 1 saturated heterocycles. The van der Waals surface area contributed by atoms with Crippen LogP contribution in [0, 0.1) is 0 Å². The van der Waals surface area contributed by atoms with E-state index in [1.54, 1.807) is 6.92 Å². The highest BCUT2D eigenvalue weighted by molar-refractivity contribution is 5.93. The second kappa shape index (κ2) is 8.74. The Balaban J connectivity index is 1.68. The summed E-state index contributed by atoms with van der Waals surface area (Å²) in [6.07, 6.45) is -0.563. The number of amides is 1. The van der Waals surface area contributed by atoms with Crippen LogP contribution >= 0.6 is 0 Å². The fourth-order valence-corrected chi connectivity index (χ4v) is 2.93. The molecule has 5 nitrogen and oxygen atoms in total. The fourth-order valence-electron chi connectivity index (χ4n) is 2.93. The van der Waals surface area contributed by atoms with Gasteiger partial charge in [-0.2, -0.15) is 0 Å². The van der Waals surface area contributed by atoms with Crippen molar-refractivity contribution in [2.45, 2.75) is 38.2 Å². The fraction of sp³-hybridized carbons (Fsp3) is 0.333. The van der Waals surface area contributed by atoms with Crippen LogP contribution in [0.2, 0.25) is 0 Å². The second-order valence-electron chi connectivity index (χ2n) is 6.44. The molecule has 3 rings (SSSR count). The van der Waals surface area contributed by atoms with E-state index in [1.165, 1.54) is 0 Å².